The third-order valence-corrected chi connectivity index (χ3v) is 2.04. The number of para-hydroxylation sites is 1. The van der Waals surface area contributed by atoms with Gasteiger partial charge >= 0.3 is 12.1 Å². The topological polar surface area (TPSA) is 50.7 Å². The molecule has 0 heterocycles. The van der Waals surface area contributed by atoms with Crippen LogP contribution in [-0.2, 0) is 9.53 Å². The number of carbonyl (C=O) groups is 1. The van der Waals surface area contributed by atoms with Crippen LogP contribution in [-0.4, -0.2) is 24.5 Å². The van der Waals surface area contributed by atoms with E-state index in [1.54, 1.807) is 30.3 Å². The fourth-order valence-electron chi connectivity index (χ4n) is 1.20. The number of esters is 1. The van der Waals surface area contributed by atoms with Gasteiger partial charge in [-0.25, -0.2) is 0 Å². The number of ether oxygens (including phenoxy) is 1. The molecule has 19 heavy (non-hydrogen) atoms. The van der Waals surface area contributed by atoms with Crippen LogP contribution in [0.25, 0.3) is 0 Å². The summed E-state index contributed by atoms with van der Waals surface area (Å²) in [5.41, 5.74) is 1.43. The Labute approximate surface area is 108 Å². The number of benzene rings is 1. The molecule has 0 atom stereocenters. The molecule has 0 amide bonds. The highest BCUT2D eigenvalue weighted by molar-refractivity contribution is 6.02. The SMILES string of the molecule is CCOC(=O)C/C(=N\Nc1ccccc1)C(F)(F)F. The van der Waals surface area contributed by atoms with E-state index >= 15 is 0 Å². The lowest BCUT2D eigenvalue weighted by atomic mass is 10.2. The lowest BCUT2D eigenvalue weighted by Crippen LogP contribution is -2.27. The number of nitrogens with zero attached hydrogens (tertiary/aromatic N) is 1. The van der Waals surface area contributed by atoms with Gasteiger partial charge < -0.3 is 4.74 Å². The quantitative estimate of drug-likeness (QED) is 0.510. The van der Waals surface area contributed by atoms with E-state index in [4.69, 9.17) is 0 Å². The largest absolute Gasteiger partial charge is 0.466 e. The third kappa shape index (κ3) is 5.41. The Balaban J connectivity index is 2.77. The number of nitrogens with one attached hydrogen (secondary N) is 1. The molecule has 1 aromatic carbocycles. The standard InChI is InChI=1S/C12H13F3N2O2/c1-2-19-11(18)8-10(12(13,14)15)17-16-9-6-4-3-5-7-9/h3-7,16H,2,8H2,1H3/b17-10+. The summed E-state index contributed by atoms with van der Waals surface area (Å²) in [6.45, 7) is 1.54. The fraction of sp³-hybridized carbons (Fsp3) is 0.333. The second kappa shape index (κ2) is 6.77. The molecule has 1 aromatic rings. The number of carbonyl (C=O) groups excluding carboxylic acids is 1. The number of rotatable bonds is 5. The van der Waals surface area contributed by atoms with Gasteiger partial charge in [0.25, 0.3) is 0 Å². The van der Waals surface area contributed by atoms with Gasteiger partial charge in [0.15, 0.2) is 5.71 Å². The second-order valence-electron chi connectivity index (χ2n) is 3.52. The maximum absolute atomic E-state index is 12.6. The first-order chi connectivity index (χ1) is 8.93. The molecule has 0 saturated carbocycles. The van der Waals surface area contributed by atoms with Crippen molar-refractivity contribution in [3.63, 3.8) is 0 Å². The highest BCUT2D eigenvalue weighted by atomic mass is 19.4. The van der Waals surface area contributed by atoms with Gasteiger partial charge in [-0.1, -0.05) is 18.2 Å². The van der Waals surface area contributed by atoms with E-state index in [1.807, 2.05) is 0 Å². The first-order valence-corrected chi connectivity index (χ1v) is 5.54. The van der Waals surface area contributed by atoms with E-state index < -0.39 is 24.3 Å². The summed E-state index contributed by atoms with van der Waals surface area (Å²) in [7, 11) is 0. The van der Waals surface area contributed by atoms with Crippen LogP contribution in [0, 0.1) is 0 Å². The molecule has 0 radical (unpaired) electrons. The Morgan fingerprint density at radius 3 is 2.47 bits per heavy atom. The van der Waals surface area contributed by atoms with Crippen molar-refractivity contribution in [3.8, 4) is 0 Å². The molecule has 0 unspecified atom stereocenters. The molecule has 0 aliphatic carbocycles. The summed E-state index contributed by atoms with van der Waals surface area (Å²) >= 11 is 0. The van der Waals surface area contributed by atoms with Crippen LogP contribution < -0.4 is 5.43 Å². The Morgan fingerprint density at radius 2 is 1.95 bits per heavy atom. The number of anilines is 1. The number of alkyl halides is 3. The minimum Gasteiger partial charge on any atom is -0.466 e. The van der Waals surface area contributed by atoms with Gasteiger partial charge in [-0.15, -0.1) is 0 Å². The fourth-order valence-corrected chi connectivity index (χ4v) is 1.20. The van der Waals surface area contributed by atoms with Gasteiger partial charge in [0, 0.05) is 0 Å². The highest BCUT2D eigenvalue weighted by Crippen LogP contribution is 2.20. The molecule has 0 bridgehead atoms. The monoisotopic (exact) mass is 274 g/mol. The summed E-state index contributed by atoms with van der Waals surface area (Å²) in [6, 6.07) is 8.13. The lowest BCUT2D eigenvalue weighted by Gasteiger charge is -2.10. The average molecular weight is 274 g/mol. The van der Waals surface area contributed by atoms with Gasteiger partial charge in [-0.05, 0) is 19.1 Å². The minimum absolute atomic E-state index is 0.0239. The molecule has 1 N–H and O–H groups in total. The van der Waals surface area contributed by atoms with Crippen LogP contribution >= 0.6 is 0 Å². The molecule has 4 nitrogen and oxygen atoms in total. The van der Waals surface area contributed by atoms with E-state index in [9.17, 15) is 18.0 Å². The molecule has 0 aliphatic heterocycles. The molecular formula is C12H13F3N2O2. The predicted octanol–water partition coefficient (Wildman–Crippen LogP) is 2.97. The zero-order valence-corrected chi connectivity index (χ0v) is 10.2. The van der Waals surface area contributed by atoms with Crippen LogP contribution in [0.1, 0.15) is 13.3 Å². The van der Waals surface area contributed by atoms with Crippen LogP contribution in [0.2, 0.25) is 0 Å². The van der Waals surface area contributed by atoms with Crippen molar-refractivity contribution < 1.29 is 22.7 Å². The zero-order chi connectivity index (χ0) is 14.3. The van der Waals surface area contributed by atoms with Crippen molar-refractivity contribution >= 4 is 17.4 Å². The van der Waals surface area contributed by atoms with Crippen molar-refractivity contribution in [1.82, 2.24) is 0 Å². The molecule has 0 aliphatic rings. The van der Waals surface area contributed by atoms with Gasteiger partial charge in [-0.2, -0.15) is 18.3 Å². The average Bonchev–Trinajstić information content (AvgIpc) is 2.34. The summed E-state index contributed by atoms with van der Waals surface area (Å²) in [5, 5.41) is 3.23. The van der Waals surface area contributed by atoms with Crippen molar-refractivity contribution in [3.05, 3.63) is 30.3 Å². The molecule has 1 rings (SSSR count). The minimum atomic E-state index is -4.69. The van der Waals surface area contributed by atoms with Gasteiger partial charge in [0.2, 0.25) is 0 Å². The first kappa shape index (κ1) is 15.0. The maximum atomic E-state index is 12.6. The van der Waals surface area contributed by atoms with Crippen molar-refractivity contribution in [2.75, 3.05) is 12.0 Å². The van der Waals surface area contributed by atoms with E-state index in [0.717, 1.165) is 0 Å². The molecule has 0 aromatic heterocycles. The molecule has 0 saturated heterocycles. The zero-order valence-electron chi connectivity index (χ0n) is 10.2. The number of hydrogen-bond acceptors (Lipinski definition) is 4. The molecule has 104 valence electrons. The van der Waals surface area contributed by atoms with Crippen molar-refractivity contribution in [2.24, 2.45) is 5.10 Å². The van der Waals surface area contributed by atoms with Crippen molar-refractivity contribution in [1.29, 1.82) is 0 Å². The summed E-state index contributed by atoms with van der Waals surface area (Å²) in [4.78, 5) is 11.1. The Morgan fingerprint density at radius 1 is 1.32 bits per heavy atom. The summed E-state index contributed by atoms with van der Waals surface area (Å²) in [6.07, 6.45) is -5.61. The van der Waals surface area contributed by atoms with Gasteiger partial charge in [-0.3, -0.25) is 10.2 Å². The van der Waals surface area contributed by atoms with E-state index in [1.165, 1.54) is 6.92 Å². The third-order valence-electron chi connectivity index (χ3n) is 2.04. The number of hydrogen-bond donors (Lipinski definition) is 1. The van der Waals surface area contributed by atoms with Crippen LogP contribution in [0.15, 0.2) is 35.4 Å². The highest BCUT2D eigenvalue weighted by Gasteiger charge is 2.37. The van der Waals surface area contributed by atoms with Crippen LogP contribution in [0.3, 0.4) is 0 Å². The number of halogens is 3. The molecule has 0 fully saturated rings. The van der Waals surface area contributed by atoms with E-state index in [2.05, 4.69) is 15.3 Å². The molecular weight excluding hydrogens is 261 g/mol. The van der Waals surface area contributed by atoms with Crippen molar-refractivity contribution in [2.45, 2.75) is 19.5 Å². The normalized spacial score (nSPS) is 12.1. The first-order valence-electron chi connectivity index (χ1n) is 5.54. The van der Waals surface area contributed by atoms with Gasteiger partial charge in [0.05, 0.1) is 18.7 Å². The van der Waals surface area contributed by atoms with Crippen LogP contribution in [0.5, 0.6) is 0 Å². The van der Waals surface area contributed by atoms with Crippen LogP contribution in [0.4, 0.5) is 18.9 Å². The van der Waals surface area contributed by atoms with E-state index in [0.29, 0.717) is 5.69 Å². The molecule has 7 heteroatoms. The molecule has 0 spiro atoms. The maximum Gasteiger partial charge on any atom is 0.431 e. The summed E-state index contributed by atoms with van der Waals surface area (Å²) < 4.78 is 42.4. The summed E-state index contributed by atoms with van der Waals surface area (Å²) in [5.74, 6) is -0.964. The Hall–Kier alpha value is -2.05. The van der Waals surface area contributed by atoms with E-state index in [-0.39, 0.29) is 6.61 Å². The second-order valence-corrected chi connectivity index (χ2v) is 3.52. The Bertz CT molecular complexity index is 444. The smallest absolute Gasteiger partial charge is 0.431 e. The number of hydrazone groups is 1. The lowest BCUT2D eigenvalue weighted by molar-refractivity contribution is -0.142. The Kier molecular flexibility index (Phi) is 5.35. The van der Waals surface area contributed by atoms with Gasteiger partial charge in [0.1, 0.15) is 0 Å². The predicted molar refractivity (Wildman–Crippen MR) is 64.8 cm³/mol.